The lowest BCUT2D eigenvalue weighted by atomic mass is 10.1. The molecule has 1 heterocycles. The highest BCUT2D eigenvalue weighted by Crippen LogP contribution is 2.33. The van der Waals surface area contributed by atoms with Crippen molar-refractivity contribution >= 4 is 11.6 Å². The Labute approximate surface area is 149 Å². The minimum atomic E-state index is 0.338. The summed E-state index contributed by atoms with van der Waals surface area (Å²) in [6.45, 7) is 5.02. The predicted molar refractivity (Wildman–Crippen MR) is 98.2 cm³/mol. The molecule has 0 N–H and O–H groups in total. The van der Waals surface area contributed by atoms with Crippen LogP contribution >= 0.6 is 11.6 Å². The van der Waals surface area contributed by atoms with Crippen LogP contribution < -0.4 is 9.47 Å². The molecular weight excluding hydrogens is 324 g/mol. The van der Waals surface area contributed by atoms with Gasteiger partial charge in [-0.25, -0.2) is 0 Å². The largest absolute Gasteiger partial charge is 0.496 e. The Morgan fingerprint density at radius 3 is 2.50 bits per heavy atom. The minimum absolute atomic E-state index is 0.338. The van der Waals surface area contributed by atoms with Gasteiger partial charge in [-0.1, -0.05) is 11.6 Å². The average molecular weight is 349 g/mol. The van der Waals surface area contributed by atoms with Gasteiger partial charge in [0, 0.05) is 42.5 Å². The molecule has 1 aromatic heterocycles. The predicted octanol–water partition coefficient (Wildman–Crippen LogP) is 4.12. The zero-order chi connectivity index (χ0) is 17.7. The first kappa shape index (κ1) is 18.6. The first-order valence-corrected chi connectivity index (χ1v) is 8.34. The maximum atomic E-state index is 6.26. The standard InChI is InChI=1S/C19H25ClN2O2/c1-13-6-7-21-16(8-13)9-14(2)22(3)12-15-10-17(20)19(24-5)11-18(15)23-4/h6-8,10-11,14H,9,12H2,1-5H3/t14-/m0/s1. The van der Waals surface area contributed by atoms with Gasteiger partial charge in [-0.3, -0.25) is 9.88 Å². The summed E-state index contributed by atoms with van der Waals surface area (Å²) in [5, 5.41) is 0.592. The Hall–Kier alpha value is -1.78. The van der Waals surface area contributed by atoms with Gasteiger partial charge in [-0.15, -0.1) is 0 Å². The highest BCUT2D eigenvalue weighted by Gasteiger charge is 2.16. The van der Waals surface area contributed by atoms with E-state index in [9.17, 15) is 0 Å². The fourth-order valence-electron chi connectivity index (χ4n) is 2.64. The number of hydrogen-bond donors (Lipinski definition) is 0. The van der Waals surface area contributed by atoms with Crippen molar-refractivity contribution in [3.63, 3.8) is 0 Å². The Kier molecular flexibility index (Phi) is 6.46. The maximum Gasteiger partial charge on any atom is 0.141 e. The van der Waals surface area contributed by atoms with Crippen LogP contribution in [-0.4, -0.2) is 37.2 Å². The monoisotopic (exact) mass is 348 g/mol. The number of hydrogen-bond acceptors (Lipinski definition) is 4. The van der Waals surface area contributed by atoms with Gasteiger partial charge >= 0.3 is 0 Å². The van der Waals surface area contributed by atoms with Crippen molar-refractivity contribution in [2.75, 3.05) is 21.3 Å². The lowest BCUT2D eigenvalue weighted by Crippen LogP contribution is -2.30. The molecule has 24 heavy (non-hydrogen) atoms. The van der Waals surface area contributed by atoms with E-state index in [0.717, 1.165) is 30.0 Å². The third-order valence-electron chi connectivity index (χ3n) is 4.20. The van der Waals surface area contributed by atoms with Gasteiger partial charge in [0.15, 0.2) is 0 Å². The van der Waals surface area contributed by atoms with Crippen LogP contribution in [0.25, 0.3) is 0 Å². The summed E-state index contributed by atoms with van der Waals surface area (Å²) in [4.78, 5) is 6.72. The van der Waals surface area contributed by atoms with Crippen molar-refractivity contribution in [1.82, 2.24) is 9.88 Å². The molecule has 5 heteroatoms. The number of aryl methyl sites for hydroxylation is 1. The molecule has 0 unspecified atom stereocenters. The fraction of sp³-hybridized carbons (Fsp3) is 0.421. The molecule has 0 bridgehead atoms. The van der Waals surface area contributed by atoms with Crippen LogP contribution in [-0.2, 0) is 13.0 Å². The van der Waals surface area contributed by atoms with Crippen LogP contribution in [0.5, 0.6) is 11.5 Å². The topological polar surface area (TPSA) is 34.6 Å². The van der Waals surface area contributed by atoms with Gasteiger partial charge in [-0.05, 0) is 44.7 Å². The van der Waals surface area contributed by atoms with Crippen molar-refractivity contribution in [2.24, 2.45) is 0 Å². The first-order chi connectivity index (χ1) is 11.4. The Morgan fingerprint density at radius 1 is 1.17 bits per heavy atom. The summed E-state index contributed by atoms with van der Waals surface area (Å²) in [6, 6.07) is 8.23. The number of benzene rings is 1. The highest BCUT2D eigenvalue weighted by atomic mass is 35.5. The Bertz CT molecular complexity index is 691. The number of halogens is 1. The van der Waals surface area contributed by atoms with Crippen LogP contribution in [0.4, 0.5) is 0 Å². The number of likely N-dealkylation sites (N-methyl/N-ethyl adjacent to an activating group) is 1. The zero-order valence-electron chi connectivity index (χ0n) is 15.0. The SMILES string of the molecule is COc1cc(OC)c(CN(C)[C@@H](C)Cc2cc(C)ccn2)cc1Cl. The zero-order valence-corrected chi connectivity index (χ0v) is 15.7. The second kappa shape index (κ2) is 8.36. The van der Waals surface area contributed by atoms with E-state index in [0.29, 0.717) is 16.8 Å². The molecule has 0 fully saturated rings. The smallest absolute Gasteiger partial charge is 0.141 e. The fourth-order valence-corrected chi connectivity index (χ4v) is 2.90. The summed E-state index contributed by atoms with van der Waals surface area (Å²) < 4.78 is 10.7. The average Bonchev–Trinajstić information content (AvgIpc) is 2.55. The van der Waals surface area contributed by atoms with Crippen LogP contribution in [0.1, 0.15) is 23.7 Å². The summed E-state index contributed by atoms with van der Waals surface area (Å²) in [5.41, 5.74) is 3.38. The summed E-state index contributed by atoms with van der Waals surface area (Å²) in [6.07, 6.45) is 2.76. The summed E-state index contributed by atoms with van der Waals surface area (Å²) >= 11 is 6.26. The molecule has 0 amide bonds. The number of rotatable bonds is 7. The molecule has 4 nitrogen and oxygen atoms in total. The molecule has 130 valence electrons. The van der Waals surface area contributed by atoms with Crippen LogP contribution in [0.15, 0.2) is 30.5 Å². The summed E-state index contributed by atoms with van der Waals surface area (Å²) in [5.74, 6) is 1.40. The van der Waals surface area contributed by atoms with Crippen LogP contribution in [0, 0.1) is 6.92 Å². The molecule has 2 rings (SSSR count). The van der Waals surface area contributed by atoms with Crippen LogP contribution in [0.2, 0.25) is 5.02 Å². The van der Waals surface area contributed by atoms with Gasteiger partial charge in [0.2, 0.25) is 0 Å². The van der Waals surface area contributed by atoms with Crippen molar-refractivity contribution < 1.29 is 9.47 Å². The normalized spacial score (nSPS) is 12.3. The molecule has 0 aliphatic rings. The molecular formula is C19H25ClN2O2. The van der Waals surface area contributed by atoms with E-state index < -0.39 is 0 Å². The molecule has 0 saturated carbocycles. The second-order valence-corrected chi connectivity index (χ2v) is 6.50. The van der Waals surface area contributed by atoms with E-state index in [1.54, 1.807) is 14.2 Å². The maximum absolute atomic E-state index is 6.26. The molecule has 2 aromatic rings. The first-order valence-electron chi connectivity index (χ1n) is 7.96. The molecule has 1 aromatic carbocycles. The van der Waals surface area contributed by atoms with Gasteiger partial charge < -0.3 is 9.47 Å². The number of ether oxygens (including phenoxy) is 2. The third kappa shape index (κ3) is 4.62. The highest BCUT2D eigenvalue weighted by molar-refractivity contribution is 6.32. The molecule has 0 spiro atoms. The van der Waals surface area contributed by atoms with Crippen molar-refractivity contribution in [3.05, 3.63) is 52.3 Å². The number of pyridine rings is 1. The number of nitrogens with zero attached hydrogens (tertiary/aromatic N) is 2. The number of methoxy groups -OCH3 is 2. The van der Waals surface area contributed by atoms with Crippen molar-refractivity contribution in [2.45, 2.75) is 32.9 Å². The molecule has 0 saturated heterocycles. The van der Waals surface area contributed by atoms with E-state index in [2.05, 4.69) is 36.8 Å². The minimum Gasteiger partial charge on any atom is -0.496 e. The van der Waals surface area contributed by atoms with Crippen LogP contribution in [0.3, 0.4) is 0 Å². The number of aromatic nitrogens is 1. The van der Waals surface area contributed by atoms with E-state index in [4.69, 9.17) is 21.1 Å². The van der Waals surface area contributed by atoms with E-state index >= 15 is 0 Å². The Morgan fingerprint density at radius 2 is 1.88 bits per heavy atom. The third-order valence-corrected chi connectivity index (χ3v) is 4.50. The van der Waals surface area contributed by atoms with Gasteiger partial charge in [0.25, 0.3) is 0 Å². The molecule has 0 aliphatic heterocycles. The lowest BCUT2D eigenvalue weighted by molar-refractivity contribution is 0.243. The van der Waals surface area contributed by atoms with Gasteiger partial charge in [0.05, 0.1) is 19.2 Å². The molecule has 0 radical (unpaired) electrons. The molecule has 0 aliphatic carbocycles. The lowest BCUT2D eigenvalue weighted by Gasteiger charge is -2.25. The van der Waals surface area contributed by atoms with E-state index in [1.807, 2.05) is 24.4 Å². The van der Waals surface area contributed by atoms with Crippen molar-refractivity contribution in [1.29, 1.82) is 0 Å². The molecule has 1 atom stereocenters. The quantitative estimate of drug-likeness (QED) is 0.753. The Balaban J connectivity index is 2.10. The summed E-state index contributed by atoms with van der Waals surface area (Å²) in [7, 11) is 5.35. The van der Waals surface area contributed by atoms with Crippen molar-refractivity contribution in [3.8, 4) is 11.5 Å². The van der Waals surface area contributed by atoms with Gasteiger partial charge in [-0.2, -0.15) is 0 Å². The van der Waals surface area contributed by atoms with Gasteiger partial charge in [0.1, 0.15) is 11.5 Å². The van der Waals surface area contributed by atoms with E-state index in [-0.39, 0.29) is 0 Å². The van der Waals surface area contributed by atoms with E-state index in [1.165, 1.54) is 5.56 Å². The second-order valence-electron chi connectivity index (χ2n) is 6.09.